The van der Waals surface area contributed by atoms with E-state index in [1.807, 2.05) is 30.3 Å². The summed E-state index contributed by atoms with van der Waals surface area (Å²) in [7, 11) is 0. The molecule has 0 saturated heterocycles. The maximum atomic E-state index is 11.5. The summed E-state index contributed by atoms with van der Waals surface area (Å²) in [6.45, 7) is 3.12. The van der Waals surface area contributed by atoms with Gasteiger partial charge in [0.15, 0.2) is 0 Å². The molecule has 0 aliphatic carbocycles. The number of nitrogens with two attached hydrogens (primary N) is 1. The molecule has 0 fully saturated rings. The van der Waals surface area contributed by atoms with Gasteiger partial charge >= 0.3 is 6.16 Å². The molecule has 1 atom stereocenters. The lowest BCUT2D eigenvalue weighted by molar-refractivity contribution is 0.00994. The smallest absolute Gasteiger partial charge is 0.429 e. The highest BCUT2D eigenvalue weighted by molar-refractivity contribution is 5.60. The van der Waals surface area contributed by atoms with Crippen LogP contribution in [-0.2, 0) is 16.1 Å². The van der Waals surface area contributed by atoms with Crippen molar-refractivity contribution in [2.24, 2.45) is 5.73 Å². The molecule has 0 heterocycles. The third kappa shape index (κ3) is 9.37. The van der Waals surface area contributed by atoms with E-state index in [4.69, 9.17) is 15.2 Å². The summed E-state index contributed by atoms with van der Waals surface area (Å²) in [4.78, 5) is 11.5. The molecule has 1 rings (SSSR count). The second-order valence-electron chi connectivity index (χ2n) is 5.28. The van der Waals surface area contributed by atoms with Gasteiger partial charge in [-0.2, -0.15) is 0 Å². The van der Waals surface area contributed by atoms with E-state index in [9.17, 15) is 4.79 Å². The maximum absolute atomic E-state index is 11.5. The Labute approximate surface area is 133 Å². The molecule has 5 heteroatoms. The Morgan fingerprint density at radius 2 is 1.82 bits per heavy atom. The van der Waals surface area contributed by atoms with E-state index in [-0.39, 0.29) is 6.61 Å². The van der Waals surface area contributed by atoms with Crippen LogP contribution in [0, 0.1) is 0 Å². The van der Waals surface area contributed by atoms with Gasteiger partial charge in [0, 0.05) is 0 Å². The molecule has 0 aliphatic heterocycles. The molecule has 5 nitrogen and oxygen atoms in total. The highest BCUT2D eigenvalue weighted by Gasteiger charge is 2.10. The molecule has 1 aromatic carbocycles. The van der Waals surface area contributed by atoms with Crippen LogP contribution in [0.15, 0.2) is 30.3 Å². The van der Waals surface area contributed by atoms with Crippen molar-refractivity contribution in [1.29, 1.82) is 0 Å². The van der Waals surface area contributed by atoms with Gasteiger partial charge in [0.1, 0.15) is 6.61 Å². The molecule has 0 saturated carbocycles. The van der Waals surface area contributed by atoms with Crippen LogP contribution in [0.1, 0.15) is 51.0 Å². The minimum absolute atomic E-state index is 0.184. The first-order valence-electron chi connectivity index (χ1n) is 8.08. The van der Waals surface area contributed by atoms with Crippen molar-refractivity contribution in [3.05, 3.63) is 35.9 Å². The van der Waals surface area contributed by atoms with Crippen LogP contribution < -0.4 is 11.1 Å². The summed E-state index contributed by atoms with van der Waals surface area (Å²) in [5.41, 5.74) is 6.58. The van der Waals surface area contributed by atoms with Crippen LogP contribution in [0.3, 0.4) is 0 Å². The Bertz CT molecular complexity index is 398. The number of hydrogen-bond donors (Lipinski definition) is 2. The average Bonchev–Trinajstić information content (AvgIpc) is 2.53. The van der Waals surface area contributed by atoms with Crippen molar-refractivity contribution in [3.63, 3.8) is 0 Å². The zero-order valence-corrected chi connectivity index (χ0v) is 13.4. The number of hydrogen-bond acceptors (Lipinski definition) is 5. The fourth-order valence-electron chi connectivity index (χ4n) is 2.05. The topological polar surface area (TPSA) is 73.6 Å². The zero-order valence-electron chi connectivity index (χ0n) is 13.4. The van der Waals surface area contributed by atoms with E-state index in [0.29, 0.717) is 0 Å². The minimum Gasteiger partial charge on any atom is -0.429 e. The van der Waals surface area contributed by atoms with Crippen LogP contribution in [-0.4, -0.2) is 19.1 Å². The van der Waals surface area contributed by atoms with Gasteiger partial charge in [0.25, 0.3) is 0 Å². The predicted molar refractivity (Wildman–Crippen MR) is 87.1 cm³/mol. The standard InChI is InChI=1S/C17H28N2O3/c1-2-3-4-5-6-10-13-19-16(18)22-17(20)21-14-15-11-8-7-9-12-15/h7-9,11-12,16,19H,2-6,10,13-14,18H2,1H3. The van der Waals surface area contributed by atoms with E-state index in [1.165, 1.54) is 25.7 Å². The number of ether oxygens (including phenoxy) is 2. The first-order chi connectivity index (χ1) is 10.7. The molecule has 3 N–H and O–H groups in total. The molecule has 22 heavy (non-hydrogen) atoms. The molecule has 124 valence electrons. The van der Waals surface area contributed by atoms with Gasteiger partial charge in [-0.3, -0.25) is 11.1 Å². The summed E-state index contributed by atoms with van der Waals surface area (Å²) < 4.78 is 9.91. The third-order valence-corrected chi connectivity index (χ3v) is 3.30. The number of carbonyl (C=O) groups excluding carboxylic acids is 1. The van der Waals surface area contributed by atoms with Gasteiger partial charge < -0.3 is 9.47 Å². The Kier molecular flexibility index (Phi) is 10.1. The number of carbonyl (C=O) groups is 1. The molecule has 1 unspecified atom stereocenters. The van der Waals surface area contributed by atoms with Gasteiger partial charge in [-0.25, -0.2) is 4.79 Å². The number of benzene rings is 1. The van der Waals surface area contributed by atoms with Gasteiger partial charge in [-0.05, 0) is 18.5 Å². The van der Waals surface area contributed by atoms with Crippen molar-refractivity contribution in [2.75, 3.05) is 6.54 Å². The molecule has 0 spiro atoms. The van der Waals surface area contributed by atoms with Crippen molar-refractivity contribution in [1.82, 2.24) is 5.32 Å². The summed E-state index contributed by atoms with van der Waals surface area (Å²) in [6.07, 6.45) is 5.68. The highest BCUT2D eigenvalue weighted by atomic mass is 16.7. The maximum Gasteiger partial charge on any atom is 0.511 e. The van der Waals surface area contributed by atoms with Crippen LogP contribution in [0.5, 0.6) is 0 Å². The Morgan fingerprint density at radius 3 is 2.55 bits per heavy atom. The molecule has 0 radical (unpaired) electrons. The second kappa shape index (κ2) is 12.0. The molecule has 0 amide bonds. The predicted octanol–water partition coefficient (Wildman–Crippen LogP) is 3.53. The normalized spacial score (nSPS) is 11.9. The van der Waals surface area contributed by atoms with E-state index < -0.39 is 12.5 Å². The van der Waals surface area contributed by atoms with Crippen LogP contribution in [0.2, 0.25) is 0 Å². The van der Waals surface area contributed by atoms with Crippen molar-refractivity contribution in [3.8, 4) is 0 Å². The summed E-state index contributed by atoms with van der Waals surface area (Å²) in [5.74, 6) is 0. The quantitative estimate of drug-likeness (QED) is 0.371. The van der Waals surface area contributed by atoms with Crippen LogP contribution in [0.25, 0.3) is 0 Å². The van der Waals surface area contributed by atoms with Crippen LogP contribution in [0.4, 0.5) is 4.79 Å². The highest BCUT2D eigenvalue weighted by Crippen LogP contribution is 2.04. The summed E-state index contributed by atoms with van der Waals surface area (Å²) in [5, 5.41) is 2.96. The SMILES string of the molecule is CCCCCCCCNC(N)OC(=O)OCc1ccccc1. The number of nitrogens with one attached hydrogen (secondary N) is 1. The molecule has 1 aromatic rings. The lowest BCUT2D eigenvalue weighted by atomic mass is 10.1. The molecule has 0 bridgehead atoms. The first kappa shape index (κ1) is 18.5. The fourth-order valence-corrected chi connectivity index (χ4v) is 2.05. The monoisotopic (exact) mass is 308 g/mol. The Balaban J connectivity index is 2.01. The van der Waals surface area contributed by atoms with Crippen molar-refractivity contribution in [2.45, 2.75) is 58.4 Å². The van der Waals surface area contributed by atoms with E-state index >= 15 is 0 Å². The summed E-state index contributed by atoms with van der Waals surface area (Å²) in [6, 6.07) is 9.44. The molecular weight excluding hydrogens is 280 g/mol. The fraction of sp³-hybridized carbons (Fsp3) is 0.588. The second-order valence-corrected chi connectivity index (χ2v) is 5.28. The van der Waals surface area contributed by atoms with E-state index in [0.717, 1.165) is 24.9 Å². The van der Waals surface area contributed by atoms with Crippen molar-refractivity contribution >= 4 is 6.16 Å². The Hall–Kier alpha value is -1.59. The van der Waals surface area contributed by atoms with Gasteiger partial charge in [0.2, 0.25) is 6.35 Å². The summed E-state index contributed by atoms with van der Waals surface area (Å²) >= 11 is 0. The zero-order chi connectivity index (χ0) is 16.0. The van der Waals surface area contributed by atoms with E-state index in [1.54, 1.807) is 0 Å². The van der Waals surface area contributed by atoms with Gasteiger partial charge in [-0.15, -0.1) is 0 Å². The lowest BCUT2D eigenvalue weighted by Gasteiger charge is -2.14. The van der Waals surface area contributed by atoms with E-state index in [2.05, 4.69) is 12.2 Å². The molecule has 0 aliphatic rings. The first-order valence-corrected chi connectivity index (χ1v) is 8.08. The van der Waals surface area contributed by atoms with Crippen molar-refractivity contribution < 1.29 is 14.3 Å². The lowest BCUT2D eigenvalue weighted by Crippen LogP contribution is -2.42. The van der Waals surface area contributed by atoms with Gasteiger partial charge in [0.05, 0.1) is 0 Å². The third-order valence-electron chi connectivity index (χ3n) is 3.30. The number of unbranched alkanes of at least 4 members (excludes halogenated alkanes) is 5. The van der Waals surface area contributed by atoms with Crippen LogP contribution >= 0.6 is 0 Å². The molecular formula is C17H28N2O3. The minimum atomic E-state index is -0.820. The average molecular weight is 308 g/mol. The Morgan fingerprint density at radius 1 is 1.14 bits per heavy atom. The molecule has 0 aromatic heterocycles. The number of rotatable bonds is 11. The van der Waals surface area contributed by atoms with Gasteiger partial charge in [-0.1, -0.05) is 69.4 Å². The largest absolute Gasteiger partial charge is 0.511 e.